The average molecular weight is 529 g/mol. The molecule has 1 saturated heterocycles. The first kappa shape index (κ1) is 25.2. The summed E-state index contributed by atoms with van der Waals surface area (Å²) in [4.78, 5) is 27.8. The number of aromatic amines is 1. The maximum absolute atomic E-state index is 13.7. The number of H-pyrrole nitrogens is 1. The van der Waals surface area contributed by atoms with E-state index < -0.39 is 21.6 Å². The van der Waals surface area contributed by atoms with Crippen LogP contribution in [0.15, 0.2) is 52.2 Å². The van der Waals surface area contributed by atoms with Crippen LogP contribution in [0.25, 0.3) is 10.9 Å². The lowest BCUT2D eigenvalue weighted by molar-refractivity contribution is 0.0526. The molecule has 2 aromatic carbocycles. The zero-order valence-electron chi connectivity index (χ0n) is 20.4. The molecule has 37 heavy (non-hydrogen) atoms. The summed E-state index contributed by atoms with van der Waals surface area (Å²) in [6, 6.07) is 10.7. The molecule has 5 rings (SSSR count). The quantitative estimate of drug-likeness (QED) is 0.443. The third-order valence-electron chi connectivity index (χ3n) is 6.37. The molecule has 0 saturated carbocycles. The van der Waals surface area contributed by atoms with Crippen molar-refractivity contribution in [1.29, 1.82) is 0 Å². The number of carbonyl (C=O) groups excluding carboxylic acids is 1. The normalized spacial score (nSPS) is 17.3. The summed E-state index contributed by atoms with van der Waals surface area (Å²) in [7, 11) is -4.02. The zero-order valence-corrected chi connectivity index (χ0v) is 21.2. The molecule has 0 unspecified atom stereocenters. The van der Waals surface area contributed by atoms with E-state index in [4.69, 9.17) is 18.9 Å². The topological polar surface area (TPSA) is 124 Å². The highest BCUT2D eigenvalue weighted by Gasteiger charge is 2.30. The van der Waals surface area contributed by atoms with Crippen molar-refractivity contribution in [3.8, 4) is 11.5 Å². The van der Waals surface area contributed by atoms with Crippen molar-refractivity contribution in [2.45, 2.75) is 37.3 Å². The summed E-state index contributed by atoms with van der Waals surface area (Å²) in [5, 5.41) is 0.701. The first-order chi connectivity index (χ1) is 17.8. The van der Waals surface area contributed by atoms with Gasteiger partial charge in [-0.1, -0.05) is 0 Å². The van der Waals surface area contributed by atoms with Crippen LogP contribution < -0.4 is 15.0 Å². The maximum atomic E-state index is 13.7. The molecule has 1 fully saturated rings. The second-order valence-corrected chi connectivity index (χ2v) is 10.8. The van der Waals surface area contributed by atoms with Crippen molar-refractivity contribution >= 4 is 26.9 Å². The van der Waals surface area contributed by atoms with Crippen LogP contribution in [0, 0.1) is 0 Å². The molecule has 0 aliphatic carbocycles. The van der Waals surface area contributed by atoms with Gasteiger partial charge in [-0.15, -0.1) is 0 Å². The van der Waals surface area contributed by atoms with E-state index in [-0.39, 0.29) is 41.8 Å². The van der Waals surface area contributed by atoms with Crippen LogP contribution in [-0.4, -0.2) is 62.8 Å². The van der Waals surface area contributed by atoms with E-state index >= 15 is 0 Å². The number of sulfonamides is 1. The van der Waals surface area contributed by atoms with Gasteiger partial charge in [0.1, 0.15) is 13.2 Å². The van der Waals surface area contributed by atoms with Crippen molar-refractivity contribution < 1.29 is 32.2 Å². The molecule has 1 N–H and O–H groups in total. The lowest BCUT2D eigenvalue weighted by Gasteiger charge is -2.25. The number of ether oxygens (including phenoxy) is 4. The molecular weight excluding hydrogens is 500 g/mol. The largest absolute Gasteiger partial charge is 0.486 e. The molecular formula is C26H28N2O8S. The van der Waals surface area contributed by atoms with Gasteiger partial charge in [-0.25, -0.2) is 13.2 Å². The summed E-state index contributed by atoms with van der Waals surface area (Å²) in [5.41, 5.74) is 0.719. The molecule has 11 heteroatoms. The van der Waals surface area contributed by atoms with Gasteiger partial charge < -0.3 is 23.9 Å². The fraction of sp³-hybridized carbons (Fsp3) is 0.385. The van der Waals surface area contributed by atoms with E-state index in [1.165, 1.54) is 28.6 Å². The minimum Gasteiger partial charge on any atom is -0.486 e. The van der Waals surface area contributed by atoms with E-state index in [0.29, 0.717) is 42.2 Å². The molecule has 0 amide bonds. The van der Waals surface area contributed by atoms with E-state index in [1.807, 2.05) is 0 Å². The number of fused-ring (bicyclic) bond motifs is 2. The molecule has 3 aromatic rings. The molecule has 2 aliphatic rings. The van der Waals surface area contributed by atoms with Gasteiger partial charge in [0.05, 0.1) is 28.7 Å². The molecule has 196 valence electrons. The first-order valence-corrected chi connectivity index (χ1v) is 13.6. The number of carbonyl (C=O) groups is 1. The lowest BCUT2D eigenvalue weighted by atomic mass is 10.1. The van der Waals surface area contributed by atoms with Crippen molar-refractivity contribution in [2.24, 2.45) is 0 Å². The van der Waals surface area contributed by atoms with E-state index in [2.05, 4.69) is 4.98 Å². The van der Waals surface area contributed by atoms with Gasteiger partial charge in [-0.05, 0) is 56.2 Å². The van der Waals surface area contributed by atoms with E-state index in [9.17, 15) is 18.0 Å². The monoisotopic (exact) mass is 528 g/mol. The minimum atomic E-state index is -4.02. The molecule has 0 spiro atoms. The Labute approximate surface area is 214 Å². The number of hydrogen-bond donors (Lipinski definition) is 1. The Balaban J connectivity index is 1.48. The standard InChI is InChI=1S/C26H28N2O8S/c1-2-33-26(30)17-5-7-21(8-6-17)37(31,32)28(16-20-4-3-9-34-20)15-19-12-18-13-23-24(36-11-10-35-23)14-22(18)27-25(19)29/h5-8,12-14,20H,2-4,9-11,15-16H2,1H3,(H,27,29)/t20-/m1/s1. The summed E-state index contributed by atoms with van der Waals surface area (Å²) < 4.78 is 50.6. The average Bonchev–Trinajstić information content (AvgIpc) is 3.41. The number of aromatic nitrogens is 1. The lowest BCUT2D eigenvalue weighted by Crippen LogP contribution is -2.38. The van der Waals surface area contributed by atoms with Crippen molar-refractivity contribution in [3.05, 3.63) is 63.9 Å². The third kappa shape index (κ3) is 5.34. The van der Waals surface area contributed by atoms with Gasteiger partial charge in [0.25, 0.3) is 5.56 Å². The fourth-order valence-corrected chi connectivity index (χ4v) is 5.93. The SMILES string of the molecule is CCOC(=O)c1ccc(S(=O)(=O)N(Cc2cc3cc4c(cc3[nH]c2=O)OCCO4)C[C@H]2CCCO2)cc1. The van der Waals surface area contributed by atoms with Crippen LogP contribution in [0.3, 0.4) is 0 Å². The summed E-state index contributed by atoms with van der Waals surface area (Å²) >= 11 is 0. The maximum Gasteiger partial charge on any atom is 0.338 e. The van der Waals surface area contributed by atoms with Crippen molar-refractivity contribution in [3.63, 3.8) is 0 Å². The number of rotatable bonds is 8. The number of nitrogens with one attached hydrogen (secondary N) is 1. The number of pyridine rings is 1. The third-order valence-corrected chi connectivity index (χ3v) is 8.19. The number of esters is 1. The van der Waals surface area contributed by atoms with Gasteiger partial charge in [0.15, 0.2) is 11.5 Å². The minimum absolute atomic E-state index is 0.00961. The zero-order chi connectivity index (χ0) is 26.0. The van der Waals surface area contributed by atoms with Crippen molar-refractivity contribution in [2.75, 3.05) is 33.0 Å². The number of nitrogens with zero attached hydrogens (tertiary/aromatic N) is 1. The highest BCUT2D eigenvalue weighted by molar-refractivity contribution is 7.89. The molecule has 10 nitrogen and oxygen atoms in total. The summed E-state index contributed by atoms with van der Waals surface area (Å²) in [6.45, 7) is 3.29. The number of benzene rings is 2. The van der Waals surface area contributed by atoms with Crippen LogP contribution in [0.5, 0.6) is 11.5 Å². The smallest absolute Gasteiger partial charge is 0.338 e. The van der Waals surface area contributed by atoms with Crippen LogP contribution >= 0.6 is 0 Å². The predicted octanol–water partition coefficient (Wildman–Crippen LogP) is 2.85. The Morgan fingerprint density at radius 1 is 1.08 bits per heavy atom. The molecule has 0 radical (unpaired) electrons. The van der Waals surface area contributed by atoms with Gasteiger partial charge in [0, 0.05) is 36.7 Å². The Bertz CT molecular complexity index is 1460. The Hall–Kier alpha value is -3.41. The number of hydrogen-bond acceptors (Lipinski definition) is 8. The van der Waals surface area contributed by atoms with Crippen LogP contribution in [0.2, 0.25) is 0 Å². The van der Waals surface area contributed by atoms with Gasteiger partial charge in [-0.3, -0.25) is 4.79 Å². The van der Waals surface area contributed by atoms with Gasteiger partial charge in [0.2, 0.25) is 10.0 Å². The van der Waals surface area contributed by atoms with E-state index in [0.717, 1.165) is 12.8 Å². The molecule has 1 aromatic heterocycles. The van der Waals surface area contributed by atoms with Crippen molar-refractivity contribution in [1.82, 2.24) is 9.29 Å². The summed E-state index contributed by atoms with van der Waals surface area (Å²) in [5.74, 6) is 0.597. The summed E-state index contributed by atoms with van der Waals surface area (Å²) in [6.07, 6.45) is 1.30. The van der Waals surface area contributed by atoms with Gasteiger partial charge >= 0.3 is 5.97 Å². The second kappa shape index (κ2) is 10.5. The van der Waals surface area contributed by atoms with Crippen LogP contribution in [0.4, 0.5) is 0 Å². The Morgan fingerprint density at radius 3 is 2.49 bits per heavy atom. The predicted molar refractivity (Wildman–Crippen MR) is 135 cm³/mol. The highest BCUT2D eigenvalue weighted by Crippen LogP contribution is 2.34. The molecule has 2 aliphatic heterocycles. The fourth-order valence-electron chi connectivity index (χ4n) is 4.49. The van der Waals surface area contributed by atoms with Crippen LogP contribution in [-0.2, 0) is 26.0 Å². The van der Waals surface area contributed by atoms with E-state index in [1.54, 1.807) is 25.1 Å². The second-order valence-electron chi connectivity index (χ2n) is 8.88. The molecule has 0 bridgehead atoms. The van der Waals surface area contributed by atoms with Gasteiger partial charge in [-0.2, -0.15) is 4.31 Å². The first-order valence-electron chi connectivity index (χ1n) is 12.2. The highest BCUT2D eigenvalue weighted by atomic mass is 32.2. The molecule has 3 heterocycles. The van der Waals surface area contributed by atoms with Crippen LogP contribution in [0.1, 0.15) is 35.7 Å². The Morgan fingerprint density at radius 2 is 1.81 bits per heavy atom. The molecule has 1 atom stereocenters. The Kier molecular flexibility index (Phi) is 7.18.